The van der Waals surface area contributed by atoms with Crippen LogP contribution in [0.2, 0.25) is 5.02 Å². The van der Waals surface area contributed by atoms with Crippen LogP contribution in [-0.2, 0) is 0 Å². The van der Waals surface area contributed by atoms with E-state index in [9.17, 15) is 9.59 Å². The smallest absolute Gasteiger partial charge is 0.321 e. The minimum atomic E-state index is -0.226. The number of urea groups is 1. The second-order valence-electron chi connectivity index (χ2n) is 5.25. The highest BCUT2D eigenvalue weighted by molar-refractivity contribution is 6.31. The van der Waals surface area contributed by atoms with Crippen LogP contribution in [0.4, 0.5) is 16.2 Å². The minimum absolute atomic E-state index is 0.0908. The Kier molecular flexibility index (Phi) is 4.48. The Labute approximate surface area is 139 Å². The summed E-state index contributed by atoms with van der Waals surface area (Å²) in [5, 5.41) is 6.14. The van der Waals surface area contributed by atoms with Gasteiger partial charge in [-0.25, -0.2) is 4.79 Å². The number of hydrogen-bond acceptors (Lipinski definition) is 2. The van der Waals surface area contributed by atoms with Gasteiger partial charge in [-0.15, -0.1) is 0 Å². The standard InChI is InChI=1S/C17H16ClN3O2/c18-13-4-1-3-12(11-13)16(22)20-14-5-7-15(8-6-14)21-10-2-9-19-17(21)23/h1,3-8,11H,2,9-10H2,(H,19,23)(H,20,22). The molecule has 2 aromatic carbocycles. The highest BCUT2D eigenvalue weighted by Crippen LogP contribution is 2.20. The van der Waals surface area contributed by atoms with E-state index in [1.165, 1.54) is 0 Å². The van der Waals surface area contributed by atoms with Crippen molar-refractivity contribution < 1.29 is 9.59 Å². The lowest BCUT2D eigenvalue weighted by atomic mass is 10.2. The molecule has 118 valence electrons. The minimum Gasteiger partial charge on any atom is -0.338 e. The topological polar surface area (TPSA) is 61.4 Å². The molecular weight excluding hydrogens is 314 g/mol. The Balaban J connectivity index is 1.70. The van der Waals surface area contributed by atoms with Gasteiger partial charge in [0.25, 0.3) is 5.91 Å². The average Bonchev–Trinajstić information content (AvgIpc) is 2.56. The number of rotatable bonds is 3. The van der Waals surface area contributed by atoms with Crippen LogP contribution in [0.1, 0.15) is 16.8 Å². The van der Waals surface area contributed by atoms with E-state index in [1.54, 1.807) is 41.3 Å². The van der Waals surface area contributed by atoms with E-state index in [0.29, 0.717) is 29.4 Å². The van der Waals surface area contributed by atoms with Crippen molar-refractivity contribution in [2.75, 3.05) is 23.3 Å². The summed E-state index contributed by atoms with van der Waals surface area (Å²) in [4.78, 5) is 25.7. The van der Waals surface area contributed by atoms with Gasteiger partial charge in [0.2, 0.25) is 0 Å². The molecule has 1 fully saturated rings. The quantitative estimate of drug-likeness (QED) is 0.905. The first-order chi connectivity index (χ1) is 11.1. The van der Waals surface area contributed by atoms with E-state index in [-0.39, 0.29) is 11.9 Å². The largest absolute Gasteiger partial charge is 0.338 e. The monoisotopic (exact) mass is 329 g/mol. The summed E-state index contributed by atoms with van der Waals surface area (Å²) in [5.74, 6) is -0.226. The van der Waals surface area contributed by atoms with Crippen molar-refractivity contribution in [2.24, 2.45) is 0 Å². The summed E-state index contributed by atoms with van der Waals surface area (Å²) >= 11 is 5.89. The molecule has 3 amide bonds. The van der Waals surface area contributed by atoms with Crippen molar-refractivity contribution in [1.82, 2.24) is 5.32 Å². The zero-order valence-electron chi connectivity index (χ0n) is 12.4. The molecule has 0 unspecified atom stereocenters. The maximum Gasteiger partial charge on any atom is 0.321 e. The van der Waals surface area contributed by atoms with Gasteiger partial charge in [0, 0.05) is 35.1 Å². The van der Waals surface area contributed by atoms with Gasteiger partial charge in [-0.1, -0.05) is 17.7 Å². The highest BCUT2D eigenvalue weighted by atomic mass is 35.5. The fraction of sp³-hybridized carbons (Fsp3) is 0.176. The molecule has 0 spiro atoms. The fourth-order valence-corrected chi connectivity index (χ4v) is 2.62. The number of nitrogens with one attached hydrogen (secondary N) is 2. The van der Waals surface area contributed by atoms with Crippen molar-refractivity contribution in [1.29, 1.82) is 0 Å². The van der Waals surface area contributed by atoms with Crippen LogP contribution in [0.3, 0.4) is 0 Å². The first-order valence-corrected chi connectivity index (χ1v) is 7.73. The second-order valence-corrected chi connectivity index (χ2v) is 5.68. The van der Waals surface area contributed by atoms with Crippen LogP contribution in [-0.4, -0.2) is 25.0 Å². The summed E-state index contributed by atoms with van der Waals surface area (Å²) in [5.41, 5.74) is 1.97. The third-order valence-electron chi connectivity index (χ3n) is 3.60. The van der Waals surface area contributed by atoms with Crippen molar-refractivity contribution in [3.63, 3.8) is 0 Å². The molecule has 2 aromatic rings. The van der Waals surface area contributed by atoms with Gasteiger partial charge >= 0.3 is 6.03 Å². The van der Waals surface area contributed by atoms with Crippen molar-refractivity contribution in [3.05, 3.63) is 59.1 Å². The Hall–Kier alpha value is -2.53. The van der Waals surface area contributed by atoms with Crippen LogP contribution in [0.15, 0.2) is 48.5 Å². The van der Waals surface area contributed by atoms with Crippen LogP contribution in [0.25, 0.3) is 0 Å². The van der Waals surface area contributed by atoms with Crippen LogP contribution < -0.4 is 15.5 Å². The molecule has 0 atom stereocenters. The Morgan fingerprint density at radius 2 is 1.96 bits per heavy atom. The summed E-state index contributed by atoms with van der Waals surface area (Å²) in [6.07, 6.45) is 0.916. The molecule has 0 aliphatic carbocycles. The molecule has 1 heterocycles. The number of halogens is 1. The van der Waals surface area contributed by atoms with E-state index in [2.05, 4.69) is 10.6 Å². The van der Waals surface area contributed by atoms with E-state index >= 15 is 0 Å². The predicted octanol–water partition coefficient (Wildman–Crippen LogP) is 3.51. The molecule has 2 N–H and O–H groups in total. The maximum atomic E-state index is 12.2. The van der Waals surface area contributed by atoms with Crippen molar-refractivity contribution >= 4 is 34.9 Å². The van der Waals surface area contributed by atoms with Gasteiger partial charge in [0.1, 0.15) is 0 Å². The first kappa shape index (κ1) is 15.4. The van der Waals surface area contributed by atoms with Gasteiger partial charge in [0.15, 0.2) is 0 Å². The molecule has 3 rings (SSSR count). The van der Waals surface area contributed by atoms with E-state index in [1.807, 2.05) is 12.1 Å². The molecule has 0 radical (unpaired) electrons. The lowest BCUT2D eigenvalue weighted by Crippen LogP contribution is -2.46. The molecule has 6 heteroatoms. The number of anilines is 2. The van der Waals surface area contributed by atoms with Gasteiger partial charge in [-0.2, -0.15) is 0 Å². The third-order valence-corrected chi connectivity index (χ3v) is 3.84. The Morgan fingerprint density at radius 3 is 2.65 bits per heavy atom. The molecule has 1 aliphatic rings. The molecule has 0 saturated carbocycles. The van der Waals surface area contributed by atoms with Gasteiger partial charge in [-0.3, -0.25) is 9.69 Å². The second kappa shape index (κ2) is 6.71. The van der Waals surface area contributed by atoms with Gasteiger partial charge < -0.3 is 10.6 Å². The number of amides is 3. The maximum absolute atomic E-state index is 12.2. The van der Waals surface area contributed by atoms with Gasteiger partial charge in [-0.05, 0) is 48.9 Å². The third kappa shape index (κ3) is 3.63. The zero-order valence-corrected chi connectivity index (χ0v) is 13.1. The predicted molar refractivity (Wildman–Crippen MR) is 91.2 cm³/mol. The summed E-state index contributed by atoms with van der Waals surface area (Å²) in [7, 11) is 0. The van der Waals surface area contributed by atoms with Crippen LogP contribution in [0, 0.1) is 0 Å². The van der Waals surface area contributed by atoms with Crippen molar-refractivity contribution in [2.45, 2.75) is 6.42 Å². The van der Waals surface area contributed by atoms with Crippen molar-refractivity contribution in [3.8, 4) is 0 Å². The van der Waals surface area contributed by atoms with Crippen LogP contribution >= 0.6 is 11.6 Å². The summed E-state index contributed by atoms with van der Waals surface area (Å²) in [6.45, 7) is 1.41. The zero-order chi connectivity index (χ0) is 16.2. The molecule has 1 aliphatic heterocycles. The van der Waals surface area contributed by atoms with Gasteiger partial charge in [0.05, 0.1) is 0 Å². The van der Waals surface area contributed by atoms with Crippen LogP contribution in [0.5, 0.6) is 0 Å². The number of carbonyl (C=O) groups excluding carboxylic acids is 2. The highest BCUT2D eigenvalue weighted by Gasteiger charge is 2.18. The SMILES string of the molecule is O=C(Nc1ccc(N2CCCNC2=O)cc1)c1cccc(Cl)c1. The fourth-order valence-electron chi connectivity index (χ4n) is 2.43. The number of benzene rings is 2. The van der Waals surface area contributed by atoms with E-state index in [4.69, 9.17) is 11.6 Å². The summed E-state index contributed by atoms with van der Waals surface area (Å²) in [6, 6.07) is 13.9. The summed E-state index contributed by atoms with van der Waals surface area (Å²) < 4.78 is 0. The molecule has 0 bridgehead atoms. The molecule has 1 saturated heterocycles. The lowest BCUT2D eigenvalue weighted by molar-refractivity contribution is 0.102. The molecule has 23 heavy (non-hydrogen) atoms. The molecular formula is C17H16ClN3O2. The van der Waals surface area contributed by atoms with E-state index in [0.717, 1.165) is 12.1 Å². The number of nitrogens with zero attached hydrogens (tertiary/aromatic N) is 1. The molecule has 0 aromatic heterocycles. The Morgan fingerprint density at radius 1 is 1.17 bits per heavy atom. The normalized spacial score (nSPS) is 14.3. The first-order valence-electron chi connectivity index (χ1n) is 7.36. The average molecular weight is 330 g/mol. The number of carbonyl (C=O) groups is 2. The lowest BCUT2D eigenvalue weighted by Gasteiger charge is -2.27. The number of hydrogen-bond donors (Lipinski definition) is 2. The molecule has 5 nitrogen and oxygen atoms in total. The van der Waals surface area contributed by atoms with E-state index < -0.39 is 0 Å². The Bertz CT molecular complexity index is 731.